The van der Waals surface area contributed by atoms with Gasteiger partial charge in [-0.15, -0.1) is 0 Å². The zero-order valence-corrected chi connectivity index (χ0v) is 12.6. The van der Waals surface area contributed by atoms with E-state index in [-0.39, 0.29) is 23.6 Å². The van der Waals surface area contributed by atoms with Crippen LogP contribution in [-0.4, -0.2) is 30.9 Å². The number of hydrogen-bond acceptors (Lipinski definition) is 4. The number of aryl methyl sites for hydroxylation is 1. The second kappa shape index (κ2) is 7.50. The van der Waals surface area contributed by atoms with Crippen LogP contribution >= 0.6 is 0 Å². The summed E-state index contributed by atoms with van der Waals surface area (Å²) in [5.74, 6) is -2.12. The van der Waals surface area contributed by atoms with Gasteiger partial charge in [-0.1, -0.05) is 0 Å². The third-order valence-electron chi connectivity index (χ3n) is 2.26. The molecule has 0 amide bonds. The lowest BCUT2D eigenvalue weighted by atomic mass is 10.4. The number of hydrogen-bond donors (Lipinski definition) is 0. The predicted molar refractivity (Wildman–Crippen MR) is 58.9 cm³/mol. The molecule has 1 rings (SSSR count). The van der Waals surface area contributed by atoms with Crippen molar-refractivity contribution in [2.75, 3.05) is 20.3 Å². The van der Waals surface area contributed by atoms with E-state index in [1.165, 1.54) is 11.7 Å². The van der Waals surface area contributed by atoms with E-state index in [0.717, 1.165) is 0 Å². The maximum atomic E-state index is 12.0. The summed E-state index contributed by atoms with van der Waals surface area (Å²) in [5, 5.41) is 0. The van der Waals surface area contributed by atoms with E-state index in [1.807, 2.05) is 7.05 Å². The number of ether oxygens (including phenoxy) is 3. The standard InChI is InChI=1S/C11H19N2O4.BrH/c1-5-16-10(14)11(15-4,17-6-2)13-8-7-12(3)9-13;/h7-9H,5-6H2,1-4H3;1H/q+1;/p-1. The molecule has 0 fully saturated rings. The molecule has 0 aliphatic rings. The number of carbonyl (C=O) groups excluding carboxylic acids is 1. The number of halogens is 1. The smallest absolute Gasteiger partial charge is 0.430 e. The van der Waals surface area contributed by atoms with Crippen LogP contribution in [0.2, 0.25) is 0 Å². The van der Waals surface area contributed by atoms with Crippen LogP contribution in [0, 0.1) is 0 Å². The van der Waals surface area contributed by atoms with Crippen molar-refractivity contribution in [2.45, 2.75) is 19.8 Å². The highest BCUT2D eigenvalue weighted by molar-refractivity contribution is 5.75. The van der Waals surface area contributed by atoms with E-state index in [1.54, 1.807) is 37.1 Å². The van der Waals surface area contributed by atoms with Crippen molar-refractivity contribution in [1.29, 1.82) is 0 Å². The SMILES string of the molecule is CCOC(=O)C(OC)(OCC)n1cc[n+](C)c1.[Br-]. The van der Waals surface area contributed by atoms with Crippen LogP contribution in [0.4, 0.5) is 0 Å². The van der Waals surface area contributed by atoms with Crippen molar-refractivity contribution in [2.24, 2.45) is 7.05 Å². The Bertz CT molecular complexity index is 383. The number of esters is 1. The van der Waals surface area contributed by atoms with Gasteiger partial charge in [0.15, 0.2) is 0 Å². The van der Waals surface area contributed by atoms with E-state index in [9.17, 15) is 4.79 Å². The summed E-state index contributed by atoms with van der Waals surface area (Å²) < 4.78 is 19.0. The number of rotatable bonds is 6. The summed E-state index contributed by atoms with van der Waals surface area (Å²) in [6.07, 6.45) is 5.16. The van der Waals surface area contributed by atoms with E-state index < -0.39 is 11.9 Å². The van der Waals surface area contributed by atoms with Crippen LogP contribution in [0.5, 0.6) is 0 Å². The second-order valence-electron chi connectivity index (χ2n) is 3.43. The molecule has 0 saturated heterocycles. The van der Waals surface area contributed by atoms with Gasteiger partial charge in [0.2, 0.25) is 6.33 Å². The van der Waals surface area contributed by atoms with Crippen molar-refractivity contribution in [3.8, 4) is 0 Å². The fraction of sp³-hybridized carbons (Fsp3) is 0.636. The zero-order chi connectivity index (χ0) is 12.9. The number of imidazole rings is 1. The van der Waals surface area contributed by atoms with Crippen LogP contribution in [0.15, 0.2) is 18.7 Å². The van der Waals surface area contributed by atoms with Crippen LogP contribution in [0.1, 0.15) is 13.8 Å². The molecule has 0 bridgehead atoms. The van der Waals surface area contributed by atoms with E-state index >= 15 is 0 Å². The first-order chi connectivity index (χ1) is 8.10. The van der Waals surface area contributed by atoms with Crippen molar-refractivity contribution < 1.29 is 40.6 Å². The third-order valence-corrected chi connectivity index (χ3v) is 2.26. The molecule has 0 saturated carbocycles. The summed E-state index contributed by atoms with van der Waals surface area (Å²) in [6.45, 7) is 4.12. The Morgan fingerprint density at radius 3 is 2.44 bits per heavy atom. The Morgan fingerprint density at radius 2 is 2.06 bits per heavy atom. The van der Waals surface area contributed by atoms with Gasteiger partial charge in [0.25, 0.3) is 0 Å². The fourth-order valence-corrected chi connectivity index (χ4v) is 1.53. The average Bonchev–Trinajstić information content (AvgIpc) is 2.73. The lowest BCUT2D eigenvalue weighted by Crippen LogP contribution is -3.00. The Labute approximate surface area is 117 Å². The van der Waals surface area contributed by atoms with Crippen molar-refractivity contribution in [3.63, 3.8) is 0 Å². The first kappa shape index (κ1) is 17.1. The Balaban J connectivity index is 0.00000289. The number of nitrogens with zero attached hydrogens (tertiary/aromatic N) is 2. The molecular formula is C11H19BrN2O4. The molecule has 18 heavy (non-hydrogen) atoms. The normalized spacial score (nSPS) is 13.6. The molecule has 0 aliphatic carbocycles. The van der Waals surface area contributed by atoms with Gasteiger partial charge in [0.05, 0.1) is 20.3 Å². The molecule has 0 radical (unpaired) electrons. The van der Waals surface area contributed by atoms with Crippen molar-refractivity contribution >= 4 is 5.97 Å². The molecule has 0 aromatic carbocycles. The Morgan fingerprint density at radius 1 is 1.39 bits per heavy atom. The fourth-order valence-electron chi connectivity index (χ4n) is 1.53. The highest BCUT2D eigenvalue weighted by Gasteiger charge is 2.49. The van der Waals surface area contributed by atoms with E-state index in [4.69, 9.17) is 14.2 Å². The second-order valence-corrected chi connectivity index (χ2v) is 3.43. The van der Waals surface area contributed by atoms with Crippen molar-refractivity contribution in [1.82, 2.24) is 4.57 Å². The lowest BCUT2D eigenvalue weighted by Gasteiger charge is -2.25. The number of methoxy groups -OCH3 is 1. The number of carbonyl (C=O) groups is 1. The molecule has 1 aromatic rings. The van der Waals surface area contributed by atoms with E-state index in [0.29, 0.717) is 6.61 Å². The summed E-state index contributed by atoms with van der Waals surface area (Å²) in [5.41, 5.74) is 0. The summed E-state index contributed by atoms with van der Waals surface area (Å²) in [6, 6.07) is 0. The largest absolute Gasteiger partial charge is 1.00 e. The molecule has 104 valence electrons. The molecule has 0 spiro atoms. The van der Waals surface area contributed by atoms with Gasteiger partial charge in [-0.3, -0.25) is 0 Å². The average molecular weight is 323 g/mol. The molecule has 0 aliphatic heterocycles. The van der Waals surface area contributed by atoms with Crippen LogP contribution in [-0.2, 0) is 32.0 Å². The minimum Gasteiger partial charge on any atom is -1.00 e. The molecule has 1 unspecified atom stereocenters. The van der Waals surface area contributed by atoms with E-state index in [2.05, 4.69) is 0 Å². The van der Waals surface area contributed by atoms with Gasteiger partial charge in [-0.05, 0) is 13.8 Å². The van der Waals surface area contributed by atoms with Gasteiger partial charge in [-0.25, -0.2) is 9.36 Å². The maximum absolute atomic E-state index is 12.0. The third kappa shape index (κ3) is 3.30. The monoisotopic (exact) mass is 322 g/mol. The molecular weight excluding hydrogens is 304 g/mol. The summed E-state index contributed by atoms with van der Waals surface area (Å²) in [4.78, 5) is 12.0. The van der Waals surface area contributed by atoms with Gasteiger partial charge in [0.1, 0.15) is 12.4 Å². The first-order valence-corrected chi connectivity index (χ1v) is 5.50. The van der Waals surface area contributed by atoms with Crippen LogP contribution in [0.3, 0.4) is 0 Å². The minimum atomic E-state index is -1.55. The number of aromatic nitrogens is 2. The Kier molecular flexibility index (Phi) is 7.12. The van der Waals surface area contributed by atoms with Gasteiger partial charge >= 0.3 is 11.9 Å². The zero-order valence-electron chi connectivity index (χ0n) is 11.1. The van der Waals surface area contributed by atoms with Gasteiger partial charge < -0.3 is 31.2 Å². The van der Waals surface area contributed by atoms with Gasteiger partial charge in [0, 0.05) is 7.11 Å². The quantitative estimate of drug-likeness (QED) is 0.322. The summed E-state index contributed by atoms with van der Waals surface area (Å²) >= 11 is 0. The maximum Gasteiger partial charge on any atom is 0.430 e. The Hall–Kier alpha value is -0.920. The first-order valence-electron chi connectivity index (χ1n) is 5.50. The van der Waals surface area contributed by atoms with Crippen LogP contribution < -0.4 is 21.5 Å². The van der Waals surface area contributed by atoms with Crippen LogP contribution in [0.25, 0.3) is 0 Å². The highest BCUT2D eigenvalue weighted by atomic mass is 79.9. The predicted octanol–water partition coefficient (Wildman–Crippen LogP) is -2.83. The molecule has 7 heteroatoms. The molecule has 6 nitrogen and oxygen atoms in total. The topological polar surface area (TPSA) is 53.6 Å². The lowest BCUT2D eigenvalue weighted by molar-refractivity contribution is -0.671. The summed E-state index contributed by atoms with van der Waals surface area (Å²) in [7, 11) is 3.25. The molecule has 1 heterocycles. The molecule has 1 aromatic heterocycles. The van der Waals surface area contributed by atoms with Crippen molar-refractivity contribution in [3.05, 3.63) is 18.7 Å². The molecule has 0 N–H and O–H groups in total. The molecule has 1 atom stereocenters. The minimum absolute atomic E-state index is 0. The van der Waals surface area contributed by atoms with Gasteiger partial charge in [-0.2, -0.15) is 4.57 Å². The highest BCUT2D eigenvalue weighted by Crippen LogP contribution is 2.21.